The zero-order valence-electron chi connectivity index (χ0n) is 7.19. The molecule has 0 aliphatic carbocycles. The minimum atomic E-state index is 0. The van der Waals surface area contributed by atoms with Crippen molar-refractivity contribution < 1.29 is 20.1 Å². The first kappa shape index (κ1) is 10.2. The molecule has 0 aliphatic heterocycles. The SMILES string of the molecule is Cc1ccn(-c2[c-]cccc2)n1.[Ir]. The van der Waals surface area contributed by atoms with Crippen molar-refractivity contribution in [2.24, 2.45) is 0 Å². The van der Waals surface area contributed by atoms with E-state index in [2.05, 4.69) is 11.2 Å². The van der Waals surface area contributed by atoms with E-state index in [0.29, 0.717) is 0 Å². The topological polar surface area (TPSA) is 17.8 Å². The Kier molecular flexibility index (Phi) is 3.40. The maximum absolute atomic E-state index is 4.27. The van der Waals surface area contributed by atoms with Crippen LogP contribution in [0.15, 0.2) is 36.5 Å². The number of aryl methyl sites for hydroxylation is 1. The van der Waals surface area contributed by atoms with E-state index in [-0.39, 0.29) is 20.1 Å². The molecule has 3 heteroatoms. The first-order valence-corrected chi connectivity index (χ1v) is 3.85. The van der Waals surface area contributed by atoms with Crippen LogP contribution >= 0.6 is 0 Å². The van der Waals surface area contributed by atoms with Crippen LogP contribution in [0.5, 0.6) is 0 Å². The van der Waals surface area contributed by atoms with E-state index in [4.69, 9.17) is 0 Å². The van der Waals surface area contributed by atoms with Gasteiger partial charge < -0.3 is 0 Å². The van der Waals surface area contributed by atoms with Crippen LogP contribution in [-0.4, -0.2) is 9.78 Å². The van der Waals surface area contributed by atoms with Crippen molar-refractivity contribution in [3.05, 3.63) is 48.3 Å². The van der Waals surface area contributed by atoms with E-state index < -0.39 is 0 Å². The van der Waals surface area contributed by atoms with Crippen molar-refractivity contribution in [1.29, 1.82) is 0 Å². The number of hydrogen-bond acceptors (Lipinski definition) is 1. The van der Waals surface area contributed by atoms with Crippen molar-refractivity contribution in [3.8, 4) is 5.69 Å². The molecule has 0 amide bonds. The van der Waals surface area contributed by atoms with Gasteiger partial charge in [0.25, 0.3) is 0 Å². The van der Waals surface area contributed by atoms with E-state index in [0.717, 1.165) is 11.4 Å². The first-order valence-electron chi connectivity index (χ1n) is 3.85. The monoisotopic (exact) mass is 350 g/mol. The van der Waals surface area contributed by atoms with Crippen molar-refractivity contribution in [1.82, 2.24) is 9.78 Å². The summed E-state index contributed by atoms with van der Waals surface area (Å²) in [6.45, 7) is 1.97. The average Bonchev–Trinajstić information content (AvgIpc) is 2.54. The van der Waals surface area contributed by atoms with E-state index in [1.165, 1.54) is 0 Å². The Morgan fingerprint density at radius 1 is 1.31 bits per heavy atom. The molecule has 13 heavy (non-hydrogen) atoms. The van der Waals surface area contributed by atoms with Gasteiger partial charge in [-0.15, -0.1) is 6.07 Å². The van der Waals surface area contributed by atoms with Gasteiger partial charge in [-0.3, -0.25) is 4.68 Å². The summed E-state index contributed by atoms with van der Waals surface area (Å²) in [5.41, 5.74) is 2.00. The molecule has 0 unspecified atom stereocenters. The van der Waals surface area contributed by atoms with Gasteiger partial charge in [-0.1, -0.05) is 0 Å². The van der Waals surface area contributed by atoms with Crippen molar-refractivity contribution >= 4 is 0 Å². The molecule has 2 rings (SSSR count). The fraction of sp³-hybridized carbons (Fsp3) is 0.100. The van der Waals surface area contributed by atoms with Gasteiger partial charge in [-0.25, -0.2) is 0 Å². The molecule has 0 atom stereocenters. The zero-order valence-corrected chi connectivity index (χ0v) is 9.59. The summed E-state index contributed by atoms with van der Waals surface area (Å²) < 4.78 is 1.81. The van der Waals surface area contributed by atoms with Crippen LogP contribution in [0.2, 0.25) is 0 Å². The number of rotatable bonds is 1. The van der Waals surface area contributed by atoms with Crippen molar-refractivity contribution in [2.45, 2.75) is 6.92 Å². The predicted molar refractivity (Wildman–Crippen MR) is 47.1 cm³/mol. The van der Waals surface area contributed by atoms with Crippen LogP contribution in [0.4, 0.5) is 0 Å². The van der Waals surface area contributed by atoms with Gasteiger partial charge in [0.15, 0.2) is 0 Å². The molecule has 2 nitrogen and oxygen atoms in total. The van der Waals surface area contributed by atoms with Crippen LogP contribution in [-0.2, 0) is 20.1 Å². The summed E-state index contributed by atoms with van der Waals surface area (Å²) in [5, 5.41) is 4.27. The van der Waals surface area contributed by atoms with Crippen LogP contribution in [0.25, 0.3) is 5.69 Å². The third-order valence-corrected chi connectivity index (χ3v) is 1.66. The van der Waals surface area contributed by atoms with Crippen LogP contribution in [0.1, 0.15) is 5.69 Å². The first-order chi connectivity index (χ1) is 5.86. The normalized spacial score (nSPS) is 9.31. The standard InChI is InChI=1S/C10H9N2.Ir/c1-9-7-8-12(11-9)10-5-3-2-4-6-10;/h2-5,7-8H,1H3;/q-1;. The molecule has 1 aromatic heterocycles. The molecule has 1 radical (unpaired) electrons. The van der Waals surface area contributed by atoms with Gasteiger partial charge in [-0.05, 0) is 18.7 Å². The van der Waals surface area contributed by atoms with Crippen LogP contribution in [0, 0.1) is 13.0 Å². The number of aromatic nitrogens is 2. The minimum Gasteiger partial charge on any atom is -0.265 e. The van der Waals surface area contributed by atoms with Gasteiger partial charge >= 0.3 is 0 Å². The largest absolute Gasteiger partial charge is 0.265 e. The second-order valence-electron chi connectivity index (χ2n) is 2.65. The molecule has 1 heterocycles. The van der Waals surface area contributed by atoms with Gasteiger partial charge in [0, 0.05) is 26.3 Å². The molecule has 0 N–H and O–H groups in total. The molecule has 0 spiro atoms. The zero-order chi connectivity index (χ0) is 8.39. The van der Waals surface area contributed by atoms with Gasteiger partial charge in [0.1, 0.15) is 0 Å². The van der Waals surface area contributed by atoms with E-state index >= 15 is 0 Å². The summed E-state index contributed by atoms with van der Waals surface area (Å²) in [4.78, 5) is 0. The maximum Gasteiger partial charge on any atom is 0.0597 e. The number of hydrogen-bond donors (Lipinski definition) is 0. The van der Waals surface area contributed by atoms with Crippen LogP contribution < -0.4 is 0 Å². The Morgan fingerprint density at radius 2 is 2.15 bits per heavy atom. The summed E-state index contributed by atoms with van der Waals surface area (Å²) >= 11 is 0. The Bertz CT molecular complexity index is 367. The second kappa shape index (κ2) is 4.35. The van der Waals surface area contributed by atoms with Crippen molar-refractivity contribution in [2.75, 3.05) is 0 Å². The van der Waals surface area contributed by atoms with Gasteiger partial charge in [0.2, 0.25) is 0 Å². The molecule has 0 saturated heterocycles. The maximum atomic E-state index is 4.27. The summed E-state index contributed by atoms with van der Waals surface area (Å²) in [5.74, 6) is 0. The second-order valence-corrected chi connectivity index (χ2v) is 2.65. The number of para-hydroxylation sites is 1. The smallest absolute Gasteiger partial charge is 0.0597 e. The molecular weight excluding hydrogens is 340 g/mol. The predicted octanol–water partition coefficient (Wildman–Crippen LogP) is 1.98. The number of nitrogens with zero attached hydrogens (tertiary/aromatic N) is 2. The molecule has 0 saturated carbocycles. The third kappa shape index (κ3) is 2.27. The quantitative estimate of drug-likeness (QED) is 0.720. The van der Waals surface area contributed by atoms with Gasteiger partial charge in [-0.2, -0.15) is 29.4 Å². The average molecular weight is 349 g/mol. The summed E-state index contributed by atoms with van der Waals surface area (Å²) in [6, 6.07) is 12.9. The summed E-state index contributed by atoms with van der Waals surface area (Å²) in [6.07, 6.45) is 1.93. The molecule has 1 aromatic carbocycles. The number of benzene rings is 1. The molecule has 0 bridgehead atoms. The Hall–Kier alpha value is -0.921. The molecule has 0 aliphatic rings. The molecule has 2 aromatic rings. The third-order valence-electron chi connectivity index (χ3n) is 1.66. The molecule has 0 fully saturated rings. The minimum absolute atomic E-state index is 0. The van der Waals surface area contributed by atoms with E-state index in [1.54, 1.807) is 0 Å². The Labute approximate surface area is 90.9 Å². The molecule has 69 valence electrons. The summed E-state index contributed by atoms with van der Waals surface area (Å²) in [7, 11) is 0. The van der Waals surface area contributed by atoms with Gasteiger partial charge in [0.05, 0.1) is 5.69 Å². The fourth-order valence-corrected chi connectivity index (χ4v) is 1.08. The van der Waals surface area contributed by atoms with E-state index in [1.807, 2.05) is 48.1 Å². The molecular formula is C10H9IrN2-. The van der Waals surface area contributed by atoms with E-state index in [9.17, 15) is 0 Å². The Morgan fingerprint density at radius 3 is 2.69 bits per heavy atom. The van der Waals surface area contributed by atoms with Crippen LogP contribution in [0.3, 0.4) is 0 Å². The Balaban J connectivity index is 0.000000845. The fourth-order valence-electron chi connectivity index (χ4n) is 1.08. The van der Waals surface area contributed by atoms with Crippen molar-refractivity contribution in [3.63, 3.8) is 0 Å².